The second-order valence-electron chi connectivity index (χ2n) is 5.86. The van der Waals surface area contributed by atoms with Crippen molar-refractivity contribution in [3.63, 3.8) is 0 Å². The maximum atomic E-state index is 12.8. The van der Waals surface area contributed by atoms with Crippen molar-refractivity contribution in [3.05, 3.63) is 76.6 Å². The molecular weight excluding hydrogens is 391 g/mol. The quantitative estimate of drug-likeness (QED) is 0.603. The van der Waals surface area contributed by atoms with E-state index in [0.717, 1.165) is 0 Å². The molecular formula is C19H14Cl2N2O4. The molecule has 138 valence electrons. The molecule has 2 aromatic heterocycles. The summed E-state index contributed by atoms with van der Waals surface area (Å²) in [6.07, 6.45) is 3.62. The molecule has 3 heterocycles. The molecule has 0 N–H and O–H groups in total. The summed E-state index contributed by atoms with van der Waals surface area (Å²) >= 11 is 11.9. The lowest BCUT2D eigenvalue weighted by Crippen LogP contribution is -2.31. The van der Waals surface area contributed by atoms with E-state index >= 15 is 0 Å². The average Bonchev–Trinajstić information content (AvgIpc) is 3.41. The summed E-state index contributed by atoms with van der Waals surface area (Å²) in [5.41, 5.74) is 0.671. The lowest BCUT2D eigenvalue weighted by atomic mass is 10.1. The van der Waals surface area contributed by atoms with E-state index in [2.05, 4.69) is 5.10 Å². The van der Waals surface area contributed by atoms with Crippen LogP contribution in [0.15, 0.2) is 68.9 Å². The Balaban J connectivity index is 1.52. The van der Waals surface area contributed by atoms with Crippen molar-refractivity contribution in [3.8, 4) is 5.75 Å². The van der Waals surface area contributed by atoms with E-state index in [4.69, 9.17) is 36.8 Å². The van der Waals surface area contributed by atoms with Crippen LogP contribution in [0, 0.1) is 0 Å². The minimum absolute atomic E-state index is 0.204. The summed E-state index contributed by atoms with van der Waals surface area (Å²) in [5, 5.41) is 6.57. The summed E-state index contributed by atoms with van der Waals surface area (Å²) in [7, 11) is 0. The monoisotopic (exact) mass is 404 g/mol. The van der Waals surface area contributed by atoms with Crippen LogP contribution in [0.3, 0.4) is 0 Å². The molecule has 4 rings (SSSR count). The first kappa shape index (κ1) is 17.7. The summed E-state index contributed by atoms with van der Waals surface area (Å²) in [4.78, 5) is 12.8. The molecule has 8 heteroatoms. The Kier molecular flexibility index (Phi) is 4.92. The van der Waals surface area contributed by atoms with E-state index in [1.807, 2.05) is 6.07 Å². The van der Waals surface area contributed by atoms with Crippen molar-refractivity contribution in [2.24, 2.45) is 5.10 Å². The van der Waals surface area contributed by atoms with Crippen molar-refractivity contribution >= 4 is 34.8 Å². The Morgan fingerprint density at radius 3 is 2.67 bits per heavy atom. The van der Waals surface area contributed by atoms with Gasteiger partial charge in [-0.25, -0.2) is 5.01 Å². The first-order valence-corrected chi connectivity index (χ1v) is 8.92. The zero-order valence-corrected chi connectivity index (χ0v) is 15.5. The van der Waals surface area contributed by atoms with E-state index in [9.17, 15) is 4.79 Å². The number of amides is 1. The SMILES string of the molecule is O=C(COc1ccc(Cl)c(Cl)c1)N1N=C(c2ccco2)CC1c1ccco1. The van der Waals surface area contributed by atoms with E-state index in [1.54, 1.807) is 48.9 Å². The molecule has 0 fully saturated rings. The number of hydrogen-bond acceptors (Lipinski definition) is 5. The minimum Gasteiger partial charge on any atom is -0.484 e. The van der Waals surface area contributed by atoms with Gasteiger partial charge in [0.1, 0.15) is 29.0 Å². The van der Waals surface area contributed by atoms with Gasteiger partial charge in [0, 0.05) is 12.5 Å². The molecule has 0 aliphatic carbocycles. The Bertz CT molecular complexity index is 968. The summed E-state index contributed by atoms with van der Waals surface area (Å²) in [6, 6.07) is 11.6. The maximum Gasteiger partial charge on any atom is 0.281 e. The zero-order valence-electron chi connectivity index (χ0n) is 14.0. The third-order valence-electron chi connectivity index (χ3n) is 4.10. The van der Waals surface area contributed by atoms with Gasteiger partial charge in [-0.1, -0.05) is 23.2 Å². The Hall–Kier alpha value is -2.70. The fourth-order valence-electron chi connectivity index (χ4n) is 2.81. The van der Waals surface area contributed by atoms with Gasteiger partial charge in [-0.2, -0.15) is 5.10 Å². The highest BCUT2D eigenvalue weighted by atomic mass is 35.5. The second-order valence-corrected chi connectivity index (χ2v) is 6.68. The summed E-state index contributed by atoms with van der Waals surface area (Å²) in [6.45, 7) is -0.204. The van der Waals surface area contributed by atoms with Crippen LogP contribution in [0.4, 0.5) is 0 Å². The van der Waals surface area contributed by atoms with E-state index in [0.29, 0.717) is 39.4 Å². The van der Waals surface area contributed by atoms with Crippen molar-refractivity contribution in [2.75, 3.05) is 6.61 Å². The molecule has 27 heavy (non-hydrogen) atoms. The standard InChI is InChI=1S/C19H14Cl2N2O4/c20-13-6-5-12(9-14(13)21)27-11-19(24)23-16(18-4-2-8-26-18)10-15(22-23)17-3-1-7-25-17/h1-9,16H,10-11H2. The molecule has 3 aromatic rings. The Morgan fingerprint density at radius 1 is 1.15 bits per heavy atom. The highest BCUT2D eigenvalue weighted by Gasteiger charge is 2.35. The number of hydrogen-bond donors (Lipinski definition) is 0. The number of hydrazone groups is 1. The predicted octanol–water partition coefficient (Wildman–Crippen LogP) is 4.94. The minimum atomic E-state index is -0.356. The average molecular weight is 405 g/mol. The van der Waals surface area contributed by atoms with Crippen molar-refractivity contribution in [1.29, 1.82) is 0 Å². The number of rotatable bonds is 5. The molecule has 1 amide bonds. The maximum absolute atomic E-state index is 12.8. The fraction of sp³-hybridized carbons (Fsp3) is 0.158. The lowest BCUT2D eigenvalue weighted by molar-refractivity contribution is -0.135. The van der Waals surface area contributed by atoms with Crippen molar-refractivity contribution < 1.29 is 18.4 Å². The van der Waals surface area contributed by atoms with Crippen LogP contribution in [-0.4, -0.2) is 23.2 Å². The first-order valence-electron chi connectivity index (χ1n) is 8.16. The van der Waals surface area contributed by atoms with Crippen LogP contribution in [0.2, 0.25) is 10.0 Å². The van der Waals surface area contributed by atoms with Crippen molar-refractivity contribution in [2.45, 2.75) is 12.5 Å². The molecule has 1 atom stereocenters. The number of carbonyl (C=O) groups is 1. The van der Waals surface area contributed by atoms with Gasteiger partial charge in [0.15, 0.2) is 6.61 Å². The van der Waals surface area contributed by atoms with Crippen LogP contribution in [0.5, 0.6) is 5.75 Å². The van der Waals surface area contributed by atoms with Gasteiger partial charge in [0.05, 0.1) is 22.6 Å². The number of nitrogens with zero attached hydrogens (tertiary/aromatic N) is 2. The smallest absolute Gasteiger partial charge is 0.281 e. The largest absolute Gasteiger partial charge is 0.484 e. The van der Waals surface area contributed by atoms with Gasteiger partial charge in [-0.05, 0) is 36.4 Å². The Morgan fingerprint density at radius 2 is 1.96 bits per heavy atom. The van der Waals surface area contributed by atoms with Gasteiger partial charge < -0.3 is 13.6 Å². The molecule has 6 nitrogen and oxygen atoms in total. The number of benzene rings is 1. The normalized spacial score (nSPS) is 16.4. The number of ether oxygens (including phenoxy) is 1. The molecule has 0 spiro atoms. The number of halogens is 2. The Labute approximate surface area is 164 Å². The zero-order chi connectivity index (χ0) is 18.8. The molecule has 1 aliphatic rings. The van der Waals surface area contributed by atoms with Crippen LogP contribution >= 0.6 is 23.2 Å². The molecule has 0 saturated carbocycles. The fourth-order valence-corrected chi connectivity index (χ4v) is 3.10. The van der Waals surface area contributed by atoms with Gasteiger partial charge in [0.2, 0.25) is 0 Å². The summed E-state index contributed by atoms with van der Waals surface area (Å²) in [5.74, 6) is 1.39. The molecule has 0 radical (unpaired) electrons. The van der Waals surface area contributed by atoms with Gasteiger partial charge in [-0.15, -0.1) is 0 Å². The number of carbonyl (C=O) groups excluding carboxylic acids is 1. The van der Waals surface area contributed by atoms with E-state index in [1.165, 1.54) is 5.01 Å². The molecule has 1 aliphatic heterocycles. The van der Waals surface area contributed by atoms with E-state index in [-0.39, 0.29) is 18.6 Å². The highest BCUT2D eigenvalue weighted by Crippen LogP contribution is 2.33. The van der Waals surface area contributed by atoms with Gasteiger partial charge >= 0.3 is 0 Å². The number of furan rings is 2. The second kappa shape index (κ2) is 7.50. The van der Waals surface area contributed by atoms with Gasteiger partial charge in [-0.3, -0.25) is 4.79 Å². The third-order valence-corrected chi connectivity index (χ3v) is 4.84. The molecule has 1 unspecified atom stereocenters. The molecule has 0 bridgehead atoms. The van der Waals surface area contributed by atoms with Crippen LogP contribution in [0.25, 0.3) is 0 Å². The first-order chi connectivity index (χ1) is 13.1. The molecule has 0 saturated heterocycles. The van der Waals surface area contributed by atoms with Crippen LogP contribution < -0.4 is 4.74 Å². The lowest BCUT2D eigenvalue weighted by Gasteiger charge is -2.20. The van der Waals surface area contributed by atoms with Crippen LogP contribution in [0.1, 0.15) is 24.0 Å². The topological polar surface area (TPSA) is 68.2 Å². The van der Waals surface area contributed by atoms with Crippen LogP contribution in [-0.2, 0) is 4.79 Å². The van der Waals surface area contributed by atoms with Gasteiger partial charge in [0.25, 0.3) is 5.91 Å². The molecule has 1 aromatic carbocycles. The third kappa shape index (κ3) is 3.72. The highest BCUT2D eigenvalue weighted by molar-refractivity contribution is 6.42. The van der Waals surface area contributed by atoms with Crippen molar-refractivity contribution in [1.82, 2.24) is 5.01 Å². The predicted molar refractivity (Wildman–Crippen MR) is 100 cm³/mol. The van der Waals surface area contributed by atoms with E-state index < -0.39 is 0 Å². The summed E-state index contributed by atoms with van der Waals surface area (Å²) < 4.78 is 16.4.